The summed E-state index contributed by atoms with van der Waals surface area (Å²) < 4.78 is 23.4. The predicted molar refractivity (Wildman–Crippen MR) is 106 cm³/mol. The van der Waals surface area contributed by atoms with Gasteiger partial charge in [-0.2, -0.15) is 0 Å². The van der Waals surface area contributed by atoms with Crippen LogP contribution in [0.15, 0.2) is 22.5 Å². The van der Waals surface area contributed by atoms with E-state index < -0.39 is 14.6 Å². The Morgan fingerprint density at radius 2 is 2.00 bits per heavy atom. The molecule has 1 aromatic rings. The van der Waals surface area contributed by atoms with E-state index in [0.29, 0.717) is 19.0 Å². The normalized spacial score (nSPS) is 12.6. The second kappa shape index (κ2) is 9.71. The maximum absolute atomic E-state index is 12.0. The Balaban J connectivity index is 0.00000441. The second-order valence-corrected chi connectivity index (χ2v) is 9.53. The zero-order chi connectivity index (χ0) is 15.9. The van der Waals surface area contributed by atoms with Crippen molar-refractivity contribution < 1.29 is 8.42 Å². The van der Waals surface area contributed by atoms with Crippen molar-refractivity contribution in [2.45, 2.75) is 39.0 Å². The van der Waals surface area contributed by atoms with Crippen molar-refractivity contribution in [1.29, 1.82) is 0 Å². The summed E-state index contributed by atoms with van der Waals surface area (Å²) in [5.74, 6) is 0.745. The lowest BCUT2D eigenvalue weighted by Crippen LogP contribution is -2.41. The number of rotatable bonds is 6. The van der Waals surface area contributed by atoms with Crippen molar-refractivity contribution in [2.75, 3.05) is 18.8 Å². The smallest absolute Gasteiger partial charge is 0.191 e. The molecule has 0 aliphatic rings. The predicted octanol–water partition coefficient (Wildman–Crippen LogP) is 2.63. The molecule has 0 saturated carbocycles. The molecule has 1 aromatic heterocycles. The number of hydrogen-bond donors (Lipinski definition) is 2. The molecule has 0 atom stereocenters. The number of aliphatic imine (C=N–C) groups is 1. The van der Waals surface area contributed by atoms with Crippen LogP contribution in [0.2, 0.25) is 0 Å². The van der Waals surface area contributed by atoms with Crippen molar-refractivity contribution in [2.24, 2.45) is 4.99 Å². The second-order valence-electron chi connectivity index (χ2n) is 5.63. The van der Waals surface area contributed by atoms with E-state index in [1.165, 1.54) is 4.88 Å². The number of thiophene rings is 1. The van der Waals surface area contributed by atoms with Crippen molar-refractivity contribution in [3.8, 4) is 0 Å². The third kappa shape index (κ3) is 7.28. The molecular weight excluding hydrogens is 433 g/mol. The molecular formula is C14H26IN3O2S2. The molecule has 0 saturated heterocycles. The SMILES string of the molecule is CCNC(=NCc1cccs1)NCCS(=O)(=O)C(C)(C)C.I. The van der Waals surface area contributed by atoms with E-state index in [-0.39, 0.29) is 29.7 Å². The Morgan fingerprint density at radius 3 is 2.50 bits per heavy atom. The topological polar surface area (TPSA) is 70.6 Å². The number of halogens is 1. The standard InChI is InChI=1S/C14H25N3O2S2.HI/c1-5-15-13(17-11-12-7-6-9-20-12)16-8-10-21(18,19)14(2,3)4;/h6-7,9H,5,8,10-11H2,1-4H3,(H2,15,16,17);1H. The number of guanidine groups is 1. The summed E-state index contributed by atoms with van der Waals surface area (Å²) in [7, 11) is -3.11. The molecule has 0 fully saturated rings. The van der Waals surface area contributed by atoms with E-state index in [1.54, 1.807) is 32.1 Å². The van der Waals surface area contributed by atoms with Gasteiger partial charge < -0.3 is 10.6 Å². The first-order chi connectivity index (χ1) is 9.76. The van der Waals surface area contributed by atoms with Crippen LogP contribution in [0.1, 0.15) is 32.6 Å². The molecule has 0 amide bonds. The lowest BCUT2D eigenvalue weighted by atomic mass is 10.3. The summed E-state index contributed by atoms with van der Waals surface area (Å²) in [6, 6.07) is 4.02. The van der Waals surface area contributed by atoms with Crippen molar-refractivity contribution in [3.63, 3.8) is 0 Å². The Morgan fingerprint density at radius 1 is 1.32 bits per heavy atom. The van der Waals surface area contributed by atoms with Crippen LogP contribution in [0.25, 0.3) is 0 Å². The van der Waals surface area contributed by atoms with Gasteiger partial charge in [-0.1, -0.05) is 6.07 Å². The molecule has 0 aliphatic heterocycles. The number of nitrogens with one attached hydrogen (secondary N) is 2. The molecule has 0 unspecified atom stereocenters. The van der Waals surface area contributed by atoms with Crippen LogP contribution in [-0.2, 0) is 16.4 Å². The van der Waals surface area contributed by atoms with Gasteiger partial charge in [-0.15, -0.1) is 35.3 Å². The largest absolute Gasteiger partial charge is 0.357 e. The van der Waals surface area contributed by atoms with Crippen LogP contribution in [0, 0.1) is 0 Å². The van der Waals surface area contributed by atoms with Gasteiger partial charge in [0, 0.05) is 18.0 Å². The van der Waals surface area contributed by atoms with E-state index in [9.17, 15) is 8.42 Å². The summed E-state index contributed by atoms with van der Waals surface area (Å²) in [6.45, 7) is 8.83. The first-order valence-electron chi connectivity index (χ1n) is 7.03. The van der Waals surface area contributed by atoms with Crippen LogP contribution in [0.5, 0.6) is 0 Å². The first-order valence-corrected chi connectivity index (χ1v) is 9.56. The third-order valence-corrected chi connectivity index (χ3v) is 6.38. The first kappa shape index (κ1) is 21.6. The van der Waals surface area contributed by atoms with Gasteiger partial charge in [0.05, 0.1) is 17.0 Å². The molecule has 5 nitrogen and oxygen atoms in total. The lowest BCUT2D eigenvalue weighted by molar-refractivity contribution is 0.559. The minimum Gasteiger partial charge on any atom is -0.357 e. The zero-order valence-electron chi connectivity index (χ0n) is 13.5. The van der Waals surface area contributed by atoms with Gasteiger partial charge in [-0.25, -0.2) is 13.4 Å². The maximum atomic E-state index is 12.0. The Bertz CT molecular complexity index is 549. The molecule has 0 spiro atoms. The van der Waals surface area contributed by atoms with Crippen LogP contribution in [0.4, 0.5) is 0 Å². The number of sulfone groups is 1. The molecule has 0 bridgehead atoms. The molecule has 0 aromatic carbocycles. The van der Waals surface area contributed by atoms with E-state index in [1.807, 2.05) is 24.4 Å². The summed E-state index contributed by atoms with van der Waals surface area (Å²) in [5.41, 5.74) is 0. The number of hydrogen-bond acceptors (Lipinski definition) is 4. The molecule has 0 aliphatic carbocycles. The van der Waals surface area contributed by atoms with E-state index in [2.05, 4.69) is 15.6 Å². The lowest BCUT2D eigenvalue weighted by Gasteiger charge is -2.19. The minimum absolute atomic E-state index is 0. The van der Waals surface area contributed by atoms with Gasteiger partial charge in [0.1, 0.15) is 0 Å². The highest BCUT2D eigenvalue weighted by Crippen LogP contribution is 2.15. The fourth-order valence-corrected chi connectivity index (χ4v) is 3.12. The van der Waals surface area contributed by atoms with Crippen molar-refractivity contribution in [1.82, 2.24) is 10.6 Å². The van der Waals surface area contributed by atoms with Crippen LogP contribution < -0.4 is 10.6 Å². The fraction of sp³-hybridized carbons (Fsp3) is 0.643. The van der Waals surface area contributed by atoms with E-state index in [0.717, 1.165) is 6.54 Å². The van der Waals surface area contributed by atoms with Crippen LogP contribution in [-0.4, -0.2) is 38.0 Å². The Hall–Kier alpha value is -0.350. The van der Waals surface area contributed by atoms with Gasteiger partial charge in [0.15, 0.2) is 15.8 Å². The minimum atomic E-state index is -3.11. The quantitative estimate of drug-likeness (QED) is 0.390. The van der Waals surface area contributed by atoms with Gasteiger partial charge in [-0.05, 0) is 39.1 Å². The summed E-state index contributed by atoms with van der Waals surface area (Å²) >= 11 is 1.66. The van der Waals surface area contributed by atoms with Gasteiger partial charge in [0.2, 0.25) is 0 Å². The molecule has 22 heavy (non-hydrogen) atoms. The molecule has 1 heterocycles. The van der Waals surface area contributed by atoms with Gasteiger partial charge >= 0.3 is 0 Å². The Kier molecular flexibility index (Phi) is 9.56. The van der Waals surface area contributed by atoms with Crippen molar-refractivity contribution in [3.05, 3.63) is 22.4 Å². The molecule has 1 rings (SSSR count). The van der Waals surface area contributed by atoms with Gasteiger partial charge in [0.25, 0.3) is 0 Å². The summed E-state index contributed by atoms with van der Waals surface area (Å²) in [6.07, 6.45) is 0. The van der Waals surface area contributed by atoms with Gasteiger partial charge in [-0.3, -0.25) is 0 Å². The highest BCUT2D eigenvalue weighted by Gasteiger charge is 2.28. The van der Waals surface area contributed by atoms with Crippen LogP contribution >= 0.6 is 35.3 Å². The molecule has 128 valence electrons. The van der Waals surface area contributed by atoms with E-state index >= 15 is 0 Å². The summed E-state index contributed by atoms with van der Waals surface area (Å²) in [4.78, 5) is 5.62. The number of nitrogens with zero attached hydrogens (tertiary/aromatic N) is 1. The molecule has 8 heteroatoms. The van der Waals surface area contributed by atoms with Crippen molar-refractivity contribution >= 4 is 51.1 Å². The Labute approximate surface area is 154 Å². The highest BCUT2D eigenvalue weighted by atomic mass is 127. The highest BCUT2D eigenvalue weighted by molar-refractivity contribution is 14.0. The molecule has 2 N–H and O–H groups in total. The zero-order valence-corrected chi connectivity index (χ0v) is 17.5. The average Bonchev–Trinajstić information content (AvgIpc) is 2.87. The molecule has 0 radical (unpaired) electrons. The maximum Gasteiger partial charge on any atom is 0.191 e. The van der Waals surface area contributed by atoms with Crippen LogP contribution in [0.3, 0.4) is 0 Å². The third-order valence-electron chi connectivity index (χ3n) is 2.91. The summed E-state index contributed by atoms with van der Waals surface area (Å²) in [5, 5.41) is 8.21. The van der Waals surface area contributed by atoms with E-state index in [4.69, 9.17) is 0 Å². The fourth-order valence-electron chi connectivity index (χ4n) is 1.51. The average molecular weight is 459 g/mol. The monoisotopic (exact) mass is 459 g/mol.